The third-order valence-electron chi connectivity index (χ3n) is 2.39. The molecule has 0 bridgehead atoms. The number of sulfonamides is 1. The fourth-order valence-corrected chi connectivity index (χ4v) is 2.54. The molecule has 0 amide bonds. The SMILES string of the molecule is [N-]=[N+]=NS(=O)(=O)c1ccccc1-c1ccccc1. The Bertz CT molecular complexity index is 705. The van der Waals surface area contributed by atoms with Gasteiger partial charge in [-0.05, 0) is 17.2 Å². The zero-order valence-electron chi connectivity index (χ0n) is 9.26. The van der Waals surface area contributed by atoms with E-state index in [1.807, 2.05) is 18.2 Å². The van der Waals surface area contributed by atoms with E-state index < -0.39 is 10.0 Å². The van der Waals surface area contributed by atoms with Crippen LogP contribution in [-0.2, 0) is 10.0 Å². The first-order valence-corrected chi connectivity index (χ1v) is 6.55. The van der Waals surface area contributed by atoms with Crippen LogP contribution in [0.25, 0.3) is 21.6 Å². The largest absolute Gasteiger partial charge is 0.264 e. The Hall–Kier alpha value is -2.30. The smallest absolute Gasteiger partial charge is 0.216 e. The Morgan fingerprint density at radius 1 is 0.944 bits per heavy atom. The monoisotopic (exact) mass is 259 g/mol. The first kappa shape index (κ1) is 12.2. The predicted molar refractivity (Wildman–Crippen MR) is 68.2 cm³/mol. The Morgan fingerprint density at radius 3 is 2.22 bits per heavy atom. The van der Waals surface area contributed by atoms with E-state index in [0.717, 1.165) is 5.56 Å². The van der Waals surface area contributed by atoms with Gasteiger partial charge in [-0.15, -0.1) is 0 Å². The molecule has 0 atom stereocenters. The van der Waals surface area contributed by atoms with Crippen LogP contribution in [0.3, 0.4) is 0 Å². The molecule has 0 aliphatic heterocycles. The van der Waals surface area contributed by atoms with Crippen LogP contribution in [0.15, 0.2) is 64.0 Å². The van der Waals surface area contributed by atoms with E-state index in [4.69, 9.17) is 5.53 Å². The lowest BCUT2D eigenvalue weighted by Crippen LogP contribution is -1.98. The number of hydrogen-bond acceptors (Lipinski definition) is 2. The van der Waals surface area contributed by atoms with Crippen LogP contribution in [0.4, 0.5) is 0 Å². The Balaban J connectivity index is 2.69. The molecule has 2 rings (SSSR count). The Labute approximate surface area is 104 Å². The van der Waals surface area contributed by atoms with E-state index in [-0.39, 0.29) is 4.90 Å². The lowest BCUT2D eigenvalue weighted by molar-refractivity contribution is 0.597. The Morgan fingerprint density at radius 2 is 1.56 bits per heavy atom. The second kappa shape index (κ2) is 4.91. The van der Waals surface area contributed by atoms with Crippen LogP contribution in [0.1, 0.15) is 0 Å². The van der Waals surface area contributed by atoms with Gasteiger partial charge in [-0.3, -0.25) is 0 Å². The van der Waals surface area contributed by atoms with Crippen molar-refractivity contribution in [1.82, 2.24) is 0 Å². The maximum absolute atomic E-state index is 11.8. The summed E-state index contributed by atoms with van der Waals surface area (Å²) >= 11 is 0. The van der Waals surface area contributed by atoms with Crippen LogP contribution in [0, 0.1) is 0 Å². The summed E-state index contributed by atoms with van der Waals surface area (Å²) in [5.74, 6) is 0. The summed E-state index contributed by atoms with van der Waals surface area (Å²) in [7, 11) is -3.98. The molecule has 0 aromatic heterocycles. The highest BCUT2D eigenvalue weighted by atomic mass is 32.2. The van der Waals surface area contributed by atoms with Gasteiger partial charge in [0.25, 0.3) is 10.0 Å². The number of benzene rings is 2. The third-order valence-corrected chi connectivity index (χ3v) is 3.59. The summed E-state index contributed by atoms with van der Waals surface area (Å²) in [6.07, 6.45) is 0. The molecule has 0 heterocycles. The van der Waals surface area contributed by atoms with Gasteiger partial charge < -0.3 is 0 Å². The van der Waals surface area contributed by atoms with Gasteiger partial charge in [0.1, 0.15) is 0 Å². The molecule has 90 valence electrons. The van der Waals surface area contributed by atoms with Crippen LogP contribution in [0.5, 0.6) is 0 Å². The molecule has 0 N–H and O–H groups in total. The number of hydrogen-bond donors (Lipinski definition) is 0. The van der Waals surface area contributed by atoms with Crippen LogP contribution < -0.4 is 0 Å². The van der Waals surface area contributed by atoms with Gasteiger partial charge in [0.2, 0.25) is 0 Å². The van der Waals surface area contributed by atoms with E-state index >= 15 is 0 Å². The average Bonchev–Trinajstić information content (AvgIpc) is 2.40. The second-order valence-electron chi connectivity index (χ2n) is 3.51. The summed E-state index contributed by atoms with van der Waals surface area (Å²) in [6, 6.07) is 15.5. The standard InChI is InChI=1S/C12H9N3O2S/c13-14-15-18(16,17)12-9-5-4-8-11(12)10-6-2-1-3-7-10/h1-9H. The molecular weight excluding hydrogens is 250 g/mol. The topological polar surface area (TPSA) is 82.9 Å². The van der Waals surface area contributed by atoms with E-state index in [2.05, 4.69) is 9.43 Å². The van der Waals surface area contributed by atoms with E-state index in [1.54, 1.807) is 30.3 Å². The lowest BCUT2D eigenvalue weighted by Gasteiger charge is -2.06. The van der Waals surface area contributed by atoms with Gasteiger partial charge in [-0.2, -0.15) is 0 Å². The first-order chi connectivity index (χ1) is 8.65. The number of rotatable bonds is 3. The molecule has 0 aliphatic carbocycles. The van der Waals surface area contributed by atoms with Crippen molar-refractivity contribution in [2.75, 3.05) is 0 Å². The van der Waals surface area contributed by atoms with Gasteiger partial charge in [0.05, 0.1) is 4.90 Å². The van der Waals surface area contributed by atoms with Crippen molar-refractivity contribution >= 4 is 10.0 Å². The summed E-state index contributed by atoms with van der Waals surface area (Å²) in [5, 5.41) is 0. The first-order valence-electron chi connectivity index (χ1n) is 5.11. The molecular formula is C12H9N3O2S. The molecule has 2 aromatic rings. The van der Waals surface area contributed by atoms with Gasteiger partial charge >= 0.3 is 0 Å². The van der Waals surface area contributed by atoms with Crippen molar-refractivity contribution in [2.45, 2.75) is 4.90 Å². The normalized spacial score (nSPS) is 10.7. The fourth-order valence-electron chi connectivity index (χ4n) is 1.64. The molecule has 0 radical (unpaired) electrons. The summed E-state index contributed by atoms with van der Waals surface area (Å²) in [4.78, 5) is 2.36. The van der Waals surface area contributed by atoms with E-state index in [9.17, 15) is 8.42 Å². The van der Waals surface area contributed by atoms with Crippen molar-refractivity contribution < 1.29 is 8.42 Å². The van der Waals surface area contributed by atoms with E-state index in [1.165, 1.54) is 6.07 Å². The maximum atomic E-state index is 11.8. The molecule has 0 fully saturated rings. The highest BCUT2D eigenvalue weighted by Gasteiger charge is 2.17. The van der Waals surface area contributed by atoms with Crippen molar-refractivity contribution in [1.29, 1.82) is 0 Å². The molecule has 6 heteroatoms. The molecule has 0 saturated carbocycles. The molecule has 18 heavy (non-hydrogen) atoms. The Kier molecular flexibility index (Phi) is 3.32. The summed E-state index contributed by atoms with van der Waals surface area (Å²) in [6.45, 7) is 0. The zero-order chi connectivity index (χ0) is 13.0. The van der Waals surface area contributed by atoms with Crippen LogP contribution >= 0.6 is 0 Å². The van der Waals surface area contributed by atoms with Gasteiger partial charge in [-0.1, -0.05) is 48.5 Å². The quantitative estimate of drug-likeness (QED) is 0.481. The minimum absolute atomic E-state index is 0.00833. The lowest BCUT2D eigenvalue weighted by atomic mass is 10.1. The highest BCUT2D eigenvalue weighted by Crippen LogP contribution is 2.28. The van der Waals surface area contributed by atoms with Crippen LogP contribution in [0.2, 0.25) is 0 Å². The zero-order valence-corrected chi connectivity index (χ0v) is 10.1. The molecule has 5 nitrogen and oxygen atoms in total. The number of nitrogens with zero attached hydrogens (tertiary/aromatic N) is 3. The molecule has 0 saturated heterocycles. The minimum Gasteiger partial charge on any atom is -0.216 e. The van der Waals surface area contributed by atoms with Crippen molar-refractivity contribution in [3.05, 3.63) is 65.0 Å². The summed E-state index contributed by atoms with van der Waals surface area (Å²) < 4.78 is 26.5. The number of azide groups is 1. The van der Waals surface area contributed by atoms with E-state index in [0.29, 0.717) is 5.56 Å². The average molecular weight is 259 g/mol. The van der Waals surface area contributed by atoms with Gasteiger partial charge in [-0.25, -0.2) is 8.42 Å². The van der Waals surface area contributed by atoms with Crippen molar-refractivity contribution in [3.63, 3.8) is 0 Å². The molecule has 0 unspecified atom stereocenters. The minimum atomic E-state index is -3.98. The highest BCUT2D eigenvalue weighted by molar-refractivity contribution is 7.90. The summed E-state index contributed by atoms with van der Waals surface area (Å²) in [5.41, 5.74) is 9.58. The van der Waals surface area contributed by atoms with Gasteiger partial charge in [0.15, 0.2) is 0 Å². The predicted octanol–water partition coefficient (Wildman–Crippen LogP) is 3.35. The van der Waals surface area contributed by atoms with Crippen LogP contribution in [-0.4, -0.2) is 8.42 Å². The molecule has 2 aromatic carbocycles. The molecule has 0 spiro atoms. The maximum Gasteiger partial charge on any atom is 0.264 e. The van der Waals surface area contributed by atoms with Crippen molar-refractivity contribution in [3.8, 4) is 11.1 Å². The van der Waals surface area contributed by atoms with Gasteiger partial charge in [0, 0.05) is 15.0 Å². The fraction of sp³-hybridized carbons (Fsp3) is 0. The van der Waals surface area contributed by atoms with Crippen molar-refractivity contribution in [2.24, 2.45) is 4.52 Å². The molecule has 0 aliphatic rings. The second-order valence-corrected chi connectivity index (χ2v) is 5.06. The third kappa shape index (κ3) is 2.34.